The molecule has 126 valence electrons. The van der Waals surface area contributed by atoms with E-state index in [1.807, 2.05) is 54.6 Å². The van der Waals surface area contributed by atoms with Crippen molar-refractivity contribution < 1.29 is 4.79 Å². The Bertz CT molecular complexity index is 1050. The molecule has 3 aromatic heterocycles. The highest BCUT2D eigenvalue weighted by Crippen LogP contribution is 2.15. The van der Waals surface area contributed by atoms with Crippen molar-refractivity contribution in [2.75, 3.05) is 0 Å². The maximum absolute atomic E-state index is 12.3. The van der Waals surface area contributed by atoms with E-state index in [9.17, 15) is 4.79 Å². The Kier molecular flexibility index (Phi) is 4.35. The van der Waals surface area contributed by atoms with Crippen molar-refractivity contribution >= 4 is 16.8 Å². The number of fused-ring (bicyclic) bond motifs is 1. The number of amides is 1. The Morgan fingerprint density at radius 2 is 1.85 bits per heavy atom. The molecule has 0 saturated heterocycles. The number of benzene rings is 1. The maximum Gasteiger partial charge on any atom is 0.270 e. The van der Waals surface area contributed by atoms with Crippen LogP contribution in [0.25, 0.3) is 22.2 Å². The zero-order valence-corrected chi connectivity index (χ0v) is 14.0. The van der Waals surface area contributed by atoms with Gasteiger partial charge in [0.05, 0.1) is 11.2 Å². The van der Waals surface area contributed by atoms with E-state index >= 15 is 0 Å². The third-order valence-corrected chi connectivity index (χ3v) is 4.07. The summed E-state index contributed by atoms with van der Waals surface area (Å²) < 4.78 is 0. The molecule has 0 radical (unpaired) electrons. The van der Waals surface area contributed by atoms with Gasteiger partial charge in [-0.1, -0.05) is 30.3 Å². The predicted molar refractivity (Wildman–Crippen MR) is 100 cm³/mol. The molecule has 3 heterocycles. The molecule has 4 rings (SSSR count). The van der Waals surface area contributed by atoms with Crippen LogP contribution in [0.5, 0.6) is 0 Å². The minimum absolute atomic E-state index is 0.202. The molecule has 0 aliphatic heterocycles. The van der Waals surface area contributed by atoms with E-state index in [2.05, 4.69) is 20.3 Å². The number of nitrogens with zero attached hydrogens (tertiary/aromatic N) is 3. The lowest BCUT2D eigenvalue weighted by Gasteiger charge is -2.07. The van der Waals surface area contributed by atoms with Crippen molar-refractivity contribution in [3.8, 4) is 11.3 Å². The van der Waals surface area contributed by atoms with E-state index in [1.54, 1.807) is 24.7 Å². The van der Waals surface area contributed by atoms with Crippen LogP contribution in [0.1, 0.15) is 16.1 Å². The lowest BCUT2D eigenvalue weighted by Crippen LogP contribution is -2.23. The average Bonchev–Trinajstić information content (AvgIpc) is 2.72. The highest BCUT2D eigenvalue weighted by Gasteiger charge is 2.08. The monoisotopic (exact) mass is 340 g/mol. The van der Waals surface area contributed by atoms with Crippen LogP contribution >= 0.6 is 0 Å². The summed E-state index contributed by atoms with van der Waals surface area (Å²) in [4.78, 5) is 25.3. The molecule has 0 spiro atoms. The van der Waals surface area contributed by atoms with Crippen LogP contribution in [-0.2, 0) is 6.54 Å². The van der Waals surface area contributed by atoms with Crippen molar-refractivity contribution in [1.29, 1.82) is 0 Å². The van der Waals surface area contributed by atoms with E-state index in [4.69, 9.17) is 0 Å². The van der Waals surface area contributed by atoms with E-state index in [0.29, 0.717) is 12.2 Å². The Morgan fingerprint density at radius 1 is 0.923 bits per heavy atom. The number of carbonyl (C=O) groups excluding carboxylic acids is 1. The largest absolute Gasteiger partial charge is 0.347 e. The van der Waals surface area contributed by atoms with Gasteiger partial charge in [-0.2, -0.15) is 0 Å². The van der Waals surface area contributed by atoms with Gasteiger partial charge in [-0.15, -0.1) is 0 Å². The van der Waals surface area contributed by atoms with Crippen LogP contribution in [0.15, 0.2) is 79.3 Å². The number of rotatable bonds is 4. The fraction of sp³-hybridized carbons (Fsp3) is 0.0476. The molecule has 0 saturated carbocycles. The molecule has 1 aromatic carbocycles. The first kappa shape index (κ1) is 15.9. The molecule has 0 aliphatic carbocycles. The first-order valence-corrected chi connectivity index (χ1v) is 8.29. The van der Waals surface area contributed by atoms with Gasteiger partial charge < -0.3 is 5.32 Å². The van der Waals surface area contributed by atoms with Gasteiger partial charge in [0.2, 0.25) is 0 Å². The zero-order valence-electron chi connectivity index (χ0n) is 14.0. The first-order valence-electron chi connectivity index (χ1n) is 8.29. The van der Waals surface area contributed by atoms with Crippen LogP contribution in [0.3, 0.4) is 0 Å². The van der Waals surface area contributed by atoms with E-state index in [0.717, 1.165) is 27.7 Å². The van der Waals surface area contributed by atoms with E-state index < -0.39 is 0 Å². The number of nitrogens with one attached hydrogen (secondary N) is 1. The minimum atomic E-state index is -0.202. The molecule has 4 aromatic rings. The SMILES string of the molecule is O=C(NCc1ccc(-c2cccnc2)nc1)c1ccc2ccccc2n1. The van der Waals surface area contributed by atoms with Gasteiger partial charge in [-0.05, 0) is 35.9 Å². The lowest BCUT2D eigenvalue weighted by molar-refractivity contribution is 0.0946. The summed E-state index contributed by atoms with van der Waals surface area (Å²) in [6.45, 7) is 0.396. The van der Waals surface area contributed by atoms with Gasteiger partial charge in [-0.3, -0.25) is 14.8 Å². The van der Waals surface area contributed by atoms with Gasteiger partial charge in [-0.25, -0.2) is 4.98 Å². The number of aromatic nitrogens is 3. The second-order valence-corrected chi connectivity index (χ2v) is 5.87. The zero-order chi connectivity index (χ0) is 17.8. The fourth-order valence-electron chi connectivity index (χ4n) is 2.68. The molecule has 0 aliphatic rings. The molecule has 0 bridgehead atoms. The van der Waals surface area contributed by atoms with Gasteiger partial charge in [0.15, 0.2) is 0 Å². The topological polar surface area (TPSA) is 67.8 Å². The summed E-state index contributed by atoms with van der Waals surface area (Å²) in [5.74, 6) is -0.202. The summed E-state index contributed by atoms with van der Waals surface area (Å²) in [5.41, 5.74) is 3.95. The van der Waals surface area contributed by atoms with Crippen molar-refractivity contribution in [2.24, 2.45) is 0 Å². The van der Waals surface area contributed by atoms with Crippen molar-refractivity contribution in [2.45, 2.75) is 6.54 Å². The van der Waals surface area contributed by atoms with Gasteiger partial charge in [0.1, 0.15) is 5.69 Å². The summed E-state index contributed by atoms with van der Waals surface area (Å²) in [5, 5.41) is 3.90. The number of para-hydroxylation sites is 1. The quantitative estimate of drug-likeness (QED) is 0.616. The van der Waals surface area contributed by atoms with Crippen LogP contribution in [0, 0.1) is 0 Å². The molecule has 1 amide bonds. The van der Waals surface area contributed by atoms with Crippen LogP contribution < -0.4 is 5.32 Å². The smallest absolute Gasteiger partial charge is 0.270 e. The summed E-state index contributed by atoms with van der Waals surface area (Å²) in [7, 11) is 0. The van der Waals surface area contributed by atoms with Crippen LogP contribution in [-0.4, -0.2) is 20.9 Å². The highest BCUT2D eigenvalue weighted by atomic mass is 16.1. The van der Waals surface area contributed by atoms with E-state index in [1.165, 1.54) is 0 Å². The second kappa shape index (κ2) is 7.11. The first-order chi connectivity index (χ1) is 12.8. The van der Waals surface area contributed by atoms with Gasteiger partial charge >= 0.3 is 0 Å². The Hall–Kier alpha value is -3.60. The number of pyridine rings is 3. The van der Waals surface area contributed by atoms with Gasteiger partial charge in [0, 0.05) is 36.1 Å². The average molecular weight is 340 g/mol. The lowest BCUT2D eigenvalue weighted by atomic mass is 10.1. The van der Waals surface area contributed by atoms with Crippen LogP contribution in [0.4, 0.5) is 0 Å². The van der Waals surface area contributed by atoms with Crippen LogP contribution in [0.2, 0.25) is 0 Å². The molecule has 0 atom stereocenters. The molecular weight excluding hydrogens is 324 g/mol. The number of hydrogen-bond donors (Lipinski definition) is 1. The number of hydrogen-bond acceptors (Lipinski definition) is 4. The molecule has 0 unspecified atom stereocenters. The number of carbonyl (C=O) groups is 1. The third kappa shape index (κ3) is 3.42. The Balaban J connectivity index is 1.43. The normalized spacial score (nSPS) is 10.6. The van der Waals surface area contributed by atoms with Gasteiger partial charge in [0.25, 0.3) is 5.91 Å². The fourth-order valence-corrected chi connectivity index (χ4v) is 2.68. The second-order valence-electron chi connectivity index (χ2n) is 5.87. The third-order valence-electron chi connectivity index (χ3n) is 4.07. The molecule has 5 heteroatoms. The summed E-state index contributed by atoms with van der Waals surface area (Å²) in [6, 6.07) is 19.1. The highest BCUT2D eigenvalue weighted by molar-refractivity contribution is 5.94. The van der Waals surface area contributed by atoms with Crippen molar-refractivity contribution in [3.63, 3.8) is 0 Å². The molecule has 1 N–H and O–H groups in total. The summed E-state index contributed by atoms with van der Waals surface area (Å²) >= 11 is 0. The molecule has 0 fully saturated rings. The summed E-state index contributed by atoms with van der Waals surface area (Å²) in [6.07, 6.45) is 5.26. The van der Waals surface area contributed by atoms with Crippen molar-refractivity contribution in [3.05, 3.63) is 90.5 Å². The van der Waals surface area contributed by atoms with Crippen molar-refractivity contribution in [1.82, 2.24) is 20.3 Å². The standard InChI is InChI=1S/C21H16N4O/c26-21(20-10-8-16-4-1-2-6-19(16)25-20)24-13-15-7-9-18(23-12-15)17-5-3-11-22-14-17/h1-12,14H,13H2,(H,24,26). The Morgan fingerprint density at radius 3 is 2.65 bits per heavy atom. The molecule has 5 nitrogen and oxygen atoms in total. The Labute approximate surface area is 150 Å². The van der Waals surface area contributed by atoms with E-state index in [-0.39, 0.29) is 5.91 Å². The molecular formula is C21H16N4O. The molecule has 26 heavy (non-hydrogen) atoms. The predicted octanol–water partition coefficient (Wildman–Crippen LogP) is 3.62. The minimum Gasteiger partial charge on any atom is -0.347 e. The maximum atomic E-state index is 12.3.